The smallest absolute Gasteiger partial charge is 0.316 e. The summed E-state index contributed by atoms with van der Waals surface area (Å²) >= 11 is 0. The molecule has 3 fully saturated rings. The molecule has 0 aromatic heterocycles. The van der Waals surface area contributed by atoms with Crippen molar-refractivity contribution in [1.82, 2.24) is 10.2 Å². The quantitative estimate of drug-likeness (QED) is 0.781. The molecule has 4 nitrogen and oxygen atoms in total. The van der Waals surface area contributed by atoms with E-state index in [0.29, 0.717) is 25.8 Å². The van der Waals surface area contributed by atoms with Crippen LogP contribution in [0, 0.1) is 23.7 Å². The van der Waals surface area contributed by atoms with Gasteiger partial charge in [-0.25, -0.2) is 0 Å². The minimum absolute atomic E-state index is 0.0729. The van der Waals surface area contributed by atoms with Crippen molar-refractivity contribution in [1.29, 1.82) is 0 Å². The molecule has 7 heteroatoms. The zero-order valence-corrected chi connectivity index (χ0v) is 14.4. The van der Waals surface area contributed by atoms with Gasteiger partial charge in [0.15, 0.2) is 0 Å². The Kier molecular flexibility index (Phi) is 6.28. The molecule has 0 radical (unpaired) electrons. The van der Waals surface area contributed by atoms with Gasteiger partial charge in [-0.1, -0.05) is 26.7 Å². The predicted octanol–water partition coefficient (Wildman–Crippen LogP) is 2.98. The number of rotatable bonds is 2. The highest BCUT2D eigenvalue weighted by atomic mass is 19.4. The number of fused-ring (bicyclic) bond motifs is 1. The first kappa shape index (κ1) is 19.2. The second-order valence-electron chi connectivity index (χ2n) is 6.69. The Morgan fingerprint density at radius 2 is 1.58 bits per heavy atom. The van der Waals surface area contributed by atoms with Crippen LogP contribution in [0.2, 0.25) is 0 Å². The maximum Gasteiger partial charge on any atom is 0.393 e. The minimum Gasteiger partial charge on any atom is -0.316 e. The Morgan fingerprint density at radius 1 is 1.04 bits per heavy atom. The third kappa shape index (κ3) is 3.76. The van der Waals surface area contributed by atoms with E-state index >= 15 is 0 Å². The monoisotopic (exact) mass is 348 g/mol. The average molecular weight is 348 g/mol. The molecule has 3 rings (SSSR count). The van der Waals surface area contributed by atoms with Gasteiger partial charge in [0, 0.05) is 13.1 Å². The summed E-state index contributed by atoms with van der Waals surface area (Å²) in [5.41, 5.74) is 0. The third-order valence-electron chi connectivity index (χ3n) is 5.40. The van der Waals surface area contributed by atoms with Crippen molar-refractivity contribution in [3.63, 3.8) is 0 Å². The van der Waals surface area contributed by atoms with Gasteiger partial charge < -0.3 is 5.32 Å². The number of hydrogen-bond acceptors (Lipinski definition) is 3. The summed E-state index contributed by atoms with van der Waals surface area (Å²) < 4.78 is 39.4. The third-order valence-corrected chi connectivity index (χ3v) is 5.40. The van der Waals surface area contributed by atoms with Crippen LogP contribution < -0.4 is 5.32 Å². The number of carbonyl (C=O) groups excluding carboxylic acids is 2. The highest BCUT2D eigenvalue weighted by Gasteiger charge is 2.51. The summed E-state index contributed by atoms with van der Waals surface area (Å²) in [7, 11) is 0. The van der Waals surface area contributed by atoms with Crippen molar-refractivity contribution in [3.05, 3.63) is 0 Å². The van der Waals surface area contributed by atoms with Crippen molar-refractivity contribution in [2.45, 2.75) is 52.1 Å². The second-order valence-corrected chi connectivity index (χ2v) is 6.69. The van der Waals surface area contributed by atoms with Crippen molar-refractivity contribution in [3.8, 4) is 0 Å². The van der Waals surface area contributed by atoms with E-state index in [-0.39, 0.29) is 36.7 Å². The van der Waals surface area contributed by atoms with Gasteiger partial charge >= 0.3 is 6.18 Å². The first-order chi connectivity index (χ1) is 11.4. The molecule has 2 heterocycles. The SMILES string of the molecule is CC.O=C1C2CCCCC2C(=O)N1CC1CCNCC1C(F)(F)F. The minimum atomic E-state index is -4.29. The maximum atomic E-state index is 13.1. The molecule has 138 valence electrons. The lowest BCUT2D eigenvalue weighted by molar-refractivity contribution is -0.194. The van der Waals surface area contributed by atoms with Gasteiger partial charge in [0.05, 0.1) is 17.8 Å². The molecule has 2 aliphatic heterocycles. The van der Waals surface area contributed by atoms with Gasteiger partial charge in [0.25, 0.3) is 0 Å². The zero-order valence-electron chi connectivity index (χ0n) is 14.4. The number of carbonyl (C=O) groups is 2. The van der Waals surface area contributed by atoms with E-state index in [1.54, 1.807) is 0 Å². The molecule has 0 bridgehead atoms. The van der Waals surface area contributed by atoms with Crippen molar-refractivity contribution >= 4 is 11.8 Å². The molecule has 2 amide bonds. The summed E-state index contributed by atoms with van der Waals surface area (Å²) in [4.78, 5) is 25.9. The second kappa shape index (κ2) is 7.85. The molecule has 4 atom stereocenters. The largest absolute Gasteiger partial charge is 0.393 e. The van der Waals surface area contributed by atoms with Gasteiger partial charge in [-0.3, -0.25) is 14.5 Å². The molecule has 0 aromatic rings. The van der Waals surface area contributed by atoms with Gasteiger partial charge in [-0.15, -0.1) is 0 Å². The number of alkyl halides is 3. The van der Waals surface area contributed by atoms with Gasteiger partial charge in [-0.2, -0.15) is 13.2 Å². The van der Waals surface area contributed by atoms with Gasteiger partial charge in [0.2, 0.25) is 11.8 Å². The normalized spacial score (nSPS) is 33.8. The van der Waals surface area contributed by atoms with Crippen LogP contribution in [0.15, 0.2) is 0 Å². The number of nitrogens with one attached hydrogen (secondary N) is 1. The van der Waals surface area contributed by atoms with Crippen LogP contribution in [0.4, 0.5) is 13.2 Å². The van der Waals surface area contributed by atoms with Gasteiger partial charge in [-0.05, 0) is 31.7 Å². The van der Waals surface area contributed by atoms with Crippen molar-refractivity contribution < 1.29 is 22.8 Å². The van der Waals surface area contributed by atoms with Gasteiger partial charge in [0.1, 0.15) is 0 Å². The fourth-order valence-electron chi connectivity index (χ4n) is 4.16. The lowest BCUT2D eigenvalue weighted by Crippen LogP contribution is -2.49. The van der Waals surface area contributed by atoms with E-state index in [1.165, 1.54) is 0 Å². The van der Waals surface area contributed by atoms with E-state index in [0.717, 1.165) is 17.7 Å². The van der Waals surface area contributed by atoms with Crippen LogP contribution in [0.25, 0.3) is 0 Å². The summed E-state index contributed by atoms with van der Waals surface area (Å²) in [6.45, 7) is 4.30. The molecule has 3 aliphatic rings. The molecule has 4 unspecified atom stereocenters. The number of imide groups is 1. The Hall–Kier alpha value is -1.11. The Balaban J connectivity index is 0.00000100. The molecule has 1 aliphatic carbocycles. The number of halogens is 3. The molecule has 0 spiro atoms. The van der Waals surface area contributed by atoms with Crippen LogP contribution in [0.5, 0.6) is 0 Å². The highest BCUT2D eigenvalue weighted by molar-refractivity contribution is 6.05. The topological polar surface area (TPSA) is 49.4 Å². The standard InChI is InChI=1S/C15H21F3N2O2.C2H6/c16-15(17,18)12-7-19-6-5-9(12)8-20-13(21)10-3-1-2-4-11(10)14(20)22;1-2/h9-12,19H,1-8H2;1-2H3. The molecule has 0 aromatic carbocycles. The zero-order chi connectivity index (χ0) is 17.9. The number of likely N-dealkylation sites (tertiary alicyclic amines) is 1. The molecular weight excluding hydrogens is 321 g/mol. The van der Waals surface area contributed by atoms with E-state index in [4.69, 9.17) is 0 Å². The number of hydrogen-bond donors (Lipinski definition) is 1. The molecule has 24 heavy (non-hydrogen) atoms. The number of amides is 2. The van der Waals surface area contributed by atoms with Crippen molar-refractivity contribution in [2.75, 3.05) is 19.6 Å². The predicted molar refractivity (Wildman–Crippen MR) is 84.0 cm³/mol. The Bertz CT molecular complexity index is 443. The fraction of sp³-hybridized carbons (Fsp3) is 0.882. The summed E-state index contributed by atoms with van der Waals surface area (Å²) in [5.74, 6) is -3.22. The Morgan fingerprint density at radius 3 is 2.08 bits per heavy atom. The fourth-order valence-corrected chi connectivity index (χ4v) is 4.16. The van der Waals surface area contributed by atoms with Crippen LogP contribution in [-0.4, -0.2) is 42.5 Å². The average Bonchev–Trinajstić information content (AvgIpc) is 2.82. The van der Waals surface area contributed by atoms with Crippen molar-refractivity contribution in [2.24, 2.45) is 23.7 Å². The van der Waals surface area contributed by atoms with E-state index in [1.807, 2.05) is 13.8 Å². The molecule has 1 saturated carbocycles. The van der Waals surface area contributed by atoms with E-state index in [9.17, 15) is 22.8 Å². The molecule has 2 saturated heterocycles. The molecule has 1 N–H and O–H groups in total. The Labute approximate surface area is 141 Å². The lowest BCUT2D eigenvalue weighted by atomic mass is 9.81. The van der Waals surface area contributed by atoms with Crippen LogP contribution >= 0.6 is 0 Å². The summed E-state index contributed by atoms with van der Waals surface area (Å²) in [6, 6.07) is 0. The summed E-state index contributed by atoms with van der Waals surface area (Å²) in [5, 5.41) is 2.76. The van der Waals surface area contributed by atoms with E-state index in [2.05, 4.69) is 5.32 Å². The van der Waals surface area contributed by atoms with Crippen LogP contribution in [0.3, 0.4) is 0 Å². The maximum absolute atomic E-state index is 13.1. The van der Waals surface area contributed by atoms with Crippen LogP contribution in [0.1, 0.15) is 46.0 Å². The number of nitrogens with zero attached hydrogens (tertiary/aromatic N) is 1. The summed E-state index contributed by atoms with van der Waals surface area (Å²) in [6.07, 6.45) is -0.715. The first-order valence-electron chi connectivity index (χ1n) is 9.02. The van der Waals surface area contributed by atoms with Crippen LogP contribution in [-0.2, 0) is 9.59 Å². The highest BCUT2D eigenvalue weighted by Crippen LogP contribution is 2.40. The molecular formula is C17H27F3N2O2. The lowest BCUT2D eigenvalue weighted by Gasteiger charge is -2.35. The van der Waals surface area contributed by atoms with E-state index < -0.39 is 18.0 Å². The first-order valence-corrected chi connectivity index (χ1v) is 9.02. The number of piperidine rings is 1.